The fourth-order valence-electron chi connectivity index (χ4n) is 8.29. The molecule has 0 aromatic heterocycles. The zero-order chi connectivity index (χ0) is 25.0. The molecule has 1 aromatic rings. The zero-order valence-electron chi connectivity index (χ0n) is 23.6. The fraction of sp³-hybridized carbons (Fsp3) is 0.630. The Hall–Kier alpha value is -0.0896. The van der Waals surface area contributed by atoms with Crippen molar-refractivity contribution in [3.8, 4) is 0 Å². The molecule has 0 saturated carbocycles. The van der Waals surface area contributed by atoms with Crippen molar-refractivity contribution < 1.29 is 3.76 Å². The summed E-state index contributed by atoms with van der Waals surface area (Å²) in [5, 5.41) is 0. The first-order valence-corrected chi connectivity index (χ1v) is 31.7. The van der Waals surface area contributed by atoms with E-state index in [4.69, 9.17) is 3.76 Å². The van der Waals surface area contributed by atoms with E-state index in [0.29, 0.717) is 0 Å². The Kier molecular flexibility index (Phi) is 7.58. The predicted molar refractivity (Wildman–Crippen MR) is 163 cm³/mol. The van der Waals surface area contributed by atoms with Crippen LogP contribution < -0.4 is 0 Å². The third kappa shape index (κ3) is 5.23. The standard InChI is InChI=1S/C27H50GeOSi4/c1-30(2,3)26(31(4,5)6)28(27(32(7,8)9)33(10,11)12)24-21-17-16-20-23(24)25(29-28)22-18-14-13-15-19-22/h13-15,18-19,21,26-27H,16-17,20H2,1-12H3. The van der Waals surface area contributed by atoms with Crippen molar-refractivity contribution in [2.45, 2.75) is 106 Å². The van der Waals surface area contributed by atoms with E-state index < -0.39 is 45.9 Å². The molecule has 6 heteroatoms. The molecule has 1 aliphatic carbocycles. The average Bonchev–Trinajstić information content (AvgIpc) is 2.92. The van der Waals surface area contributed by atoms with Crippen LogP contribution in [0, 0.1) is 0 Å². The van der Waals surface area contributed by atoms with Gasteiger partial charge in [-0.05, 0) is 0 Å². The van der Waals surface area contributed by atoms with Crippen LogP contribution in [0.2, 0.25) is 86.6 Å². The van der Waals surface area contributed by atoms with Crippen LogP contribution in [0.4, 0.5) is 0 Å². The van der Waals surface area contributed by atoms with Gasteiger partial charge in [0, 0.05) is 0 Å². The SMILES string of the molecule is C[Si](C)(C)[CH]([Si](C)(C)C)[Ge]1([CH]([Si](C)(C)C)[Si](C)(C)C)[O]C(c2ccccc2)=C2CCCC=[C]21. The summed E-state index contributed by atoms with van der Waals surface area (Å²) in [6.45, 7) is 32.2. The van der Waals surface area contributed by atoms with Crippen molar-refractivity contribution in [3.05, 3.63) is 52.0 Å². The summed E-state index contributed by atoms with van der Waals surface area (Å²) in [5.41, 5.74) is 2.97. The fourth-order valence-corrected chi connectivity index (χ4v) is 84.4. The first kappa shape index (κ1) is 27.5. The second kappa shape index (κ2) is 9.09. The quantitative estimate of drug-likeness (QED) is 0.295. The van der Waals surface area contributed by atoms with Gasteiger partial charge in [-0.1, -0.05) is 0 Å². The van der Waals surface area contributed by atoms with Gasteiger partial charge >= 0.3 is 213 Å². The van der Waals surface area contributed by atoms with Crippen LogP contribution in [0.3, 0.4) is 0 Å². The molecule has 0 unspecified atom stereocenters. The van der Waals surface area contributed by atoms with Crippen LogP contribution in [0.1, 0.15) is 24.8 Å². The Bertz CT molecular complexity index is 864. The third-order valence-corrected chi connectivity index (χ3v) is 63.2. The van der Waals surface area contributed by atoms with Gasteiger partial charge < -0.3 is 0 Å². The molecule has 2 aliphatic rings. The molecule has 1 aromatic carbocycles. The Morgan fingerprint density at radius 3 is 1.58 bits per heavy atom. The van der Waals surface area contributed by atoms with E-state index in [1.165, 1.54) is 30.6 Å². The summed E-state index contributed by atoms with van der Waals surface area (Å²) in [5.74, 6) is 1.31. The maximum absolute atomic E-state index is 7.95. The van der Waals surface area contributed by atoms with Crippen LogP contribution in [0.15, 0.2) is 46.4 Å². The van der Waals surface area contributed by atoms with E-state index in [2.05, 4.69) is 115 Å². The van der Waals surface area contributed by atoms with Gasteiger partial charge in [0.05, 0.1) is 0 Å². The first-order chi connectivity index (χ1) is 14.9. The normalized spacial score (nSPS) is 19.6. The molecule has 0 bridgehead atoms. The molecule has 1 aliphatic heterocycles. The monoisotopic (exact) mass is 576 g/mol. The van der Waals surface area contributed by atoms with Gasteiger partial charge in [0.25, 0.3) is 0 Å². The Morgan fingerprint density at radius 2 is 1.15 bits per heavy atom. The molecule has 3 rings (SSSR count). The molecular formula is C27H50GeOSi4. The van der Waals surface area contributed by atoms with Gasteiger partial charge in [0.1, 0.15) is 0 Å². The van der Waals surface area contributed by atoms with Crippen molar-refractivity contribution in [1.29, 1.82) is 0 Å². The molecule has 184 valence electrons. The Morgan fingerprint density at radius 1 is 0.697 bits per heavy atom. The molecule has 1 heterocycles. The first-order valence-electron chi connectivity index (χ1n) is 13.1. The van der Waals surface area contributed by atoms with Gasteiger partial charge in [0.15, 0.2) is 0 Å². The average molecular weight is 576 g/mol. The Labute approximate surface area is 212 Å². The number of benzene rings is 1. The summed E-state index contributed by atoms with van der Waals surface area (Å²) >= 11 is -3.07. The Balaban J connectivity index is 2.44. The number of hydrogen-bond acceptors (Lipinski definition) is 1. The second-order valence-electron chi connectivity index (χ2n) is 14.9. The number of rotatable bonds is 7. The van der Waals surface area contributed by atoms with Crippen LogP contribution >= 0.6 is 0 Å². The summed E-state index contributed by atoms with van der Waals surface area (Å²) in [4.78, 5) is 0. The van der Waals surface area contributed by atoms with Gasteiger partial charge in [-0.25, -0.2) is 0 Å². The zero-order valence-corrected chi connectivity index (χ0v) is 29.7. The molecule has 0 atom stereocenters. The molecule has 0 spiro atoms. The van der Waals surface area contributed by atoms with Gasteiger partial charge in [-0.3, -0.25) is 0 Å². The second-order valence-corrected chi connectivity index (χ2v) is 49.5. The summed E-state index contributed by atoms with van der Waals surface area (Å²) < 4.78 is 11.5. The van der Waals surface area contributed by atoms with E-state index >= 15 is 0 Å². The van der Waals surface area contributed by atoms with Crippen molar-refractivity contribution in [3.63, 3.8) is 0 Å². The molecule has 0 radical (unpaired) electrons. The van der Waals surface area contributed by atoms with E-state index in [0.717, 1.165) is 7.99 Å². The maximum atomic E-state index is 7.95. The van der Waals surface area contributed by atoms with Gasteiger partial charge in [0.2, 0.25) is 0 Å². The van der Waals surface area contributed by atoms with Gasteiger partial charge in [-0.2, -0.15) is 0 Å². The van der Waals surface area contributed by atoms with Crippen LogP contribution in [0.25, 0.3) is 5.76 Å². The number of hydrogen-bond donors (Lipinski definition) is 0. The minimum absolute atomic E-state index is 0.869. The molecule has 0 fully saturated rings. The van der Waals surface area contributed by atoms with Crippen molar-refractivity contribution >= 4 is 51.7 Å². The summed E-state index contributed by atoms with van der Waals surface area (Å²) in [6.07, 6.45) is 6.49. The van der Waals surface area contributed by atoms with E-state index in [-0.39, 0.29) is 0 Å². The van der Waals surface area contributed by atoms with E-state index in [9.17, 15) is 0 Å². The van der Waals surface area contributed by atoms with E-state index in [1.54, 1.807) is 5.57 Å². The van der Waals surface area contributed by atoms with Crippen molar-refractivity contribution in [2.75, 3.05) is 0 Å². The number of allylic oxidation sites excluding steroid dienone is 3. The van der Waals surface area contributed by atoms with Crippen molar-refractivity contribution in [2.24, 2.45) is 0 Å². The van der Waals surface area contributed by atoms with Gasteiger partial charge in [-0.15, -0.1) is 0 Å². The molecule has 0 N–H and O–H groups in total. The minimum atomic E-state index is -3.07. The molecule has 33 heavy (non-hydrogen) atoms. The molecule has 0 amide bonds. The number of fused-ring (bicyclic) bond motifs is 1. The third-order valence-electron chi connectivity index (χ3n) is 7.63. The molecule has 1 nitrogen and oxygen atoms in total. The van der Waals surface area contributed by atoms with Crippen LogP contribution in [0.5, 0.6) is 0 Å². The van der Waals surface area contributed by atoms with Crippen LogP contribution in [-0.4, -0.2) is 45.9 Å². The van der Waals surface area contributed by atoms with E-state index in [1.807, 2.05) is 4.41 Å². The van der Waals surface area contributed by atoms with Crippen molar-refractivity contribution in [1.82, 2.24) is 0 Å². The van der Waals surface area contributed by atoms with Crippen LogP contribution in [-0.2, 0) is 3.76 Å². The topological polar surface area (TPSA) is 9.23 Å². The molecular weight excluding hydrogens is 525 g/mol. The molecule has 0 saturated heterocycles. The summed E-state index contributed by atoms with van der Waals surface area (Å²) in [6, 6.07) is 11.2. The summed E-state index contributed by atoms with van der Waals surface area (Å²) in [7, 11) is -5.96. The predicted octanol–water partition coefficient (Wildman–Crippen LogP) is 9.27.